The Morgan fingerprint density at radius 2 is 1.83 bits per heavy atom. The first-order chi connectivity index (χ1) is 13.7. The Kier molecular flexibility index (Phi) is 6.26. The van der Waals surface area contributed by atoms with Crippen molar-refractivity contribution in [2.24, 2.45) is 0 Å². The molecule has 0 aliphatic carbocycles. The number of anilines is 1. The fourth-order valence-electron chi connectivity index (χ4n) is 3.13. The highest BCUT2D eigenvalue weighted by Gasteiger charge is 2.27. The predicted molar refractivity (Wildman–Crippen MR) is 112 cm³/mol. The van der Waals surface area contributed by atoms with E-state index < -0.39 is 10.0 Å². The molecular formula is C20H22ClN3O4S. The van der Waals surface area contributed by atoms with Crippen molar-refractivity contribution >= 4 is 39.1 Å². The molecule has 0 aromatic heterocycles. The molecule has 0 saturated carbocycles. The summed E-state index contributed by atoms with van der Waals surface area (Å²) in [6.07, 6.45) is 0.742. The van der Waals surface area contributed by atoms with E-state index in [-0.39, 0.29) is 29.7 Å². The summed E-state index contributed by atoms with van der Waals surface area (Å²) < 4.78 is 25.7. The average Bonchev–Trinajstić information content (AvgIpc) is 3.11. The SMILES string of the molecule is CN(C)S(=O)(=O)c1ccc2c(c1)CCN2C(=O)CCNC(=O)c1ccc(Cl)cc1. The largest absolute Gasteiger partial charge is 0.352 e. The second-order valence-corrected chi connectivity index (χ2v) is 9.47. The zero-order valence-corrected chi connectivity index (χ0v) is 17.8. The monoisotopic (exact) mass is 435 g/mol. The normalized spacial score (nSPS) is 13.4. The number of hydrogen-bond acceptors (Lipinski definition) is 4. The van der Waals surface area contributed by atoms with Gasteiger partial charge in [-0.1, -0.05) is 11.6 Å². The fraction of sp³-hybridized carbons (Fsp3) is 0.300. The van der Waals surface area contributed by atoms with Gasteiger partial charge < -0.3 is 10.2 Å². The van der Waals surface area contributed by atoms with Crippen LogP contribution >= 0.6 is 11.6 Å². The van der Waals surface area contributed by atoms with Crippen LogP contribution in [0.1, 0.15) is 22.3 Å². The van der Waals surface area contributed by atoms with Gasteiger partial charge in [-0.3, -0.25) is 9.59 Å². The number of nitrogens with one attached hydrogen (secondary N) is 1. The molecule has 0 bridgehead atoms. The minimum Gasteiger partial charge on any atom is -0.352 e. The predicted octanol–water partition coefficient (Wildman–Crippen LogP) is 2.30. The molecule has 7 nitrogen and oxygen atoms in total. The van der Waals surface area contributed by atoms with Crippen LogP contribution < -0.4 is 10.2 Å². The van der Waals surface area contributed by atoms with Crippen LogP contribution in [0.2, 0.25) is 5.02 Å². The number of fused-ring (bicyclic) bond motifs is 1. The summed E-state index contributed by atoms with van der Waals surface area (Å²) in [4.78, 5) is 26.5. The number of amides is 2. The van der Waals surface area contributed by atoms with E-state index in [4.69, 9.17) is 11.6 Å². The number of benzene rings is 2. The molecule has 1 heterocycles. The zero-order chi connectivity index (χ0) is 21.2. The summed E-state index contributed by atoms with van der Waals surface area (Å²) >= 11 is 5.81. The lowest BCUT2D eigenvalue weighted by Gasteiger charge is -2.18. The van der Waals surface area contributed by atoms with E-state index in [2.05, 4.69) is 5.32 Å². The summed E-state index contributed by atoms with van der Waals surface area (Å²) in [7, 11) is -0.549. The Morgan fingerprint density at radius 3 is 2.48 bits per heavy atom. The van der Waals surface area contributed by atoms with Crippen molar-refractivity contribution in [2.45, 2.75) is 17.7 Å². The molecule has 29 heavy (non-hydrogen) atoms. The maximum atomic E-state index is 12.6. The highest BCUT2D eigenvalue weighted by molar-refractivity contribution is 7.89. The number of hydrogen-bond donors (Lipinski definition) is 1. The van der Waals surface area contributed by atoms with Gasteiger partial charge in [0.05, 0.1) is 4.90 Å². The lowest BCUT2D eigenvalue weighted by atomic mass is 10.2. The molecule has 2 aromatic carbocycles. The standard InChI is InChI=1S/C20H22ClN3O4S/c1-23(2)29(27,28)17-7-8-18-15(13-17)10-12-24(18)19(25)9-11-22-20(26)14-3-5-16(21)6-4-14/h3-8,13H,9-12H2,1-2H3,(H,22,26). The second-order valence-electron chi connectivity index (χ2n) is 6.89. The van der Waals surface area contributed by atoms with E-state index in [1.807, 2.05) is 0 Å². The molecule has 1 N–H and O–H groups in total. The van der Waals surface area contributed by atoms with Gasteiger partial charge >= 0.3 is 0 Å². The summed E-state index contributed by atoms with van der Waals surface area (Å²) in [5.74, 6) is -0.391. The van der Waals surface area contributed by atoms with Crippen molar-refractivity contribution in [3.05, 3.63) is 58.6 Å². The Hall–Kier alpha value is -2.42. The van der Waals surface area contributed by atoms with Gasteiger partial charge in [0.25, 0.3) is 5.91 Å². The van der Waals surface area contributed by atoms with E-state index in [9.17, 15) is 18.0 Å². The molecule has 1 aliphatic rings. The molecule has 154 valence electrons. The molecule has 9 heteroatoms. The quantitative estimate of drug-likeness (QED) is 0.754. The summed E-state index contributed by atoms with van der Waals surface area (Å²) in [6.45, 7) is 0.698. The molecule has 0 saturated heterocycles. The van der Waals surface area contributed by atoms with Crippen LogP contribution in [0, 0.1) is 0 Å². The van der Waals surface area contributed by atoms with Crippen molar-refractivity contribution in [1.82, 2.24) is 9.62 Å². The number of halogens is 1. The van der Waals surface area contributed by atoms with Gasteiger partial charge in [0.15, 0.2) is 0 Å². The number of sulfonamides is 1. The molecule has 0 fully saturated rings. The van der Waals surface area contributed by atoms with Gasteiger partial charge in [-0.15, -0.1) is 0 Å². The van der Waals surface area contributed by atoms with Gasteiger partial charge in [-0.25, -0.2) is 12.7 Å². The first kappa shape index (κ1) is 21.3. The van der Waals surface area contributed by atoms with Crippen LogP contribution in [0.4, 0.5) is 5.69 Å². The Labute approximate surface area is 175 Å². The number of rotatable bonds is 6. The molecule has 2 amide bonds. The van der Waals surface area contributed by atoms with Crippen molar-refractivity contribution in [1.29, 1.82) is 0 Å². The number of carbonyl (C=O) groups is 2. The van der Waals surface area contributed by atoms with Gasteiger partial charge in [-0.2, -0.15) is 0 Å². The summed E-state index contributed by atoms with van der Waals surface area (Å²) in [5, 5.41) is 3.27. The first-order valence-electron chi connectivity index (χ1n) is 9.10. The van der Waals surface area contributed by atoms with Crippen molar-refractivity contribution in [2.75, 3.05) is 32.1 Å². The fourth-order valence-corrected chi connectivity index (χ4v) is 4.21. The molecule has 0 atom stereocenters. The lowest BCUT2D eigenvalue weighted by molar-refractivity contribution is -0.118. The van der Waals surface area contributed by atoms with Crippen LogP contribution in [0.15, 0.2) is 47.4 Å². The molecule has 2 aromatic rings. The van der Waals surface area contributed by atoms with Crippen molar-refractivity contribution in [3.8, 4) is 0 Å². The molecule has 0 unspecified atom stereocenters. The van der Waals surface area contributed by atoms with Crippen LogP contribution in [0.25, 0.3) is 0 Å². The van der Waals surface area contributed by atoms with Crippen LogP contribution in [0.3, 0.4) is 0 Å². The third-order valence-electron chi connectivity index (χ3n) is 4.76. The second kappa shape index (κ2) is 8.52. The number of nitrogens with zero attached hydrogens (tertiary/aromatic N) is 2. The number of carbonyl (C=O) groups excluding carboxylic acids is 2. The maximum Gasteiger partial charge on any atom is 0.251 e. The average molecular weight is 436 g/mol. The molecule has 0 radical (unpaired) electrons. The van der Waals surface area contributed by atoms with E-state index in [0.717, 1.165) is 15.6 Å². The molecule has 3 rings (SSSR count). The van der Waals surface area contributed by atoms with Gasteiger partial charge in [0, 0.05) is 49.9 Å². The van der Waals surface area contributed by atoms with Crippen LogP contribution in [-0.2, 0) is 21.2 Å². The van der Waals surface area contributed by atoms with Gasteiger partial charge in [0.1, 0.15) is 0 Å². The lowest BCUT2D eigenvalue weighted by Crippen LogP contribution is -2.33. The molecular weight excluding hydrogens is 414 g/mol. The van der Waals surface area contributed by atoms with Crippen molar-refractivity contribution < 1.29 is 18.0 Å². The Morgan fingerprint density at radius 1 is 1.14 bits per heavy atom. The molecule has 1 aliphatic heterocycles. The summed E-state index contributed by atoms with van der Waals surface area (Å²) in [6, 6.07) is 11.3. The third-order valence-corrected chi connectivity index (χ3v) is 6.82. The van der Waals surface area contributed by atoms with Crippen molar-refractivity contribution in [3.63, 3.8) is 0 Å². The highest BCUT2D eigenvalue weighted by atomic mass is 35.5. The Bertz CT molecular complexity index is 1040. The van der Waals surface area contributed by atoms with Crippen LogP contribution in [-0.4, -0.2) is 51.7 Å². The van der Waals surface area contributed by atoms with E-state index in [0.29, 0.717) is 23.6 Å². The molecule has 0 spiro atoms. The van der Waals surface area contributed by atoms with Gasteiger partial charge in [0.2, 0.25) is 15.9 Å². The van der Waals surface area contributed by atoms with Gasteiger partial charge in [-0.05, 0) is 54.4 Å². The topological polar surface area (TPSA) is 86.8 Å². The van der Waals surface area contributed by atoms with E-state index in [1.165, 1.54) is 20.2 Å². The minimum atomic E-state index is -3.51. The summed E-state index contributed by atoms with van der Waals surface area (Å²) in [5.41, 5.74) is 2.02. The third kappa shape index (κ3) is 4.60. The minimum absolute atomic E-state index is 0.122. The Balaban J connectivity index is 1.61. The van der Waals surface area contributed by atoms with E-state index in [1.54, 1.807) is 41.3 Å². The smallest absolute Gasteiger partial charge is 0.251 e. The maximum absolute atomic E-state index is 12.6. The first-order valence-corrected chi connectivity index (χ1v) is 10.9. The van der Waals surface area contributed by atoms with E-state index >= 15 is 0 Å². The zero-order valence-electron chi connectivity index (χ0n) is 16.2. The highest BCUT2D eigenvalue weighted by Crippen LogP contribution is 2.31. The van der Waals surface area contributed by atoms with Crippen LogP contribution in [0.5, 0.6) is 0 Å².